The lowest BCUT2D eigenvalue weighted by molar-refractivity contribution is -0.185. The molecule has 0 spiro atoms. The maximum atomic E-state index is 13.2. The minimum absolute atomic E-state index is 0.352. The van der Waals surface area contributed by atoms with E-state index in [1.165, 1.54) is 0 Å². The molecule has 1 unspecified atom stereocenters. The van der Waals surface area contributed by atoms with Crippen LogP contribution >= 0.6 is 23.1 Å². The van der Waals surface area contributed by atoms with Crippen molar-refractivity contribution >= 4 is 45.6 Å². The molecule has 0 bridgehead atoms. The van der Waals surface area contributed by atoms with E-state index in [1.54, 1.807) is 35.6 Å². The highest BCUT2D eigenvalue weighted by Gasteiger charge is 2.48. The average Bonchev–Trinajstić information content (AvgIpc) is 3.64. The predicted molar refractivity (Wildman–Crippen MR) is 140 cm³/mol. The van der Waals surface area contributed by atoms with Crippen LogP contribution in [-0.4, -0.2) is 19.8 Å². The number of aliphatic hydroxyl groups is 1. The Morgan fingerprint density at radius 1 is 0.917 bits per heavy atom. The van der Waals surface area contributed by atoms with Gasteiger partial charge in [-0.3, -0.25) is 0 Å². The number of esters is 1. The number of hydrogen-bond donors (Lipinski definition) is 1. The molecular weight excluding hydrogens is 492 g/mol. The van der Waals surface area contributed by atoms with E-state index in [0.717, 1.165) is 27.7 Å². The Kier molecular flexibility index (Phi) is 5.85. The number of rotatable bonds is 7. The molecule has 3 heterocycles. The fraction of sp³-hybridized carbons (Fsp3) is 0.107. The molecule has 2 aromatic heterocycles. The van der Waals surface area contributed by atoms with Crippen LogP contribution in [0.5, 0.6) is 5.75 Å². The molecule has 8 heteroatoms. The maximum Gasteiger partial charge on any atom is 0.342 e. The number of nitrogens with zero attached hydrogens (tertiary/aromatic N) is 2. The zero-order valence-corrected chi connectivity index (χ0v) is 20.6. The Balaban J connectivity index is 1.37. The fourth-order valence-electron chi connectivity index (χ4n) is 4.32. The van der Waals surface area contributed by atoms with Gasteiger partial charge in [-0.2, -0.15) is 8.75 Å². The zero-order valence-electron chi connectivity index (χ0n) is 19.0. The molecule has 3 aromatic carbocycles. The van der Waals surface area contributed by atoms with Crippen molar-refractivity contribution in [3.8, 4) is 5.75 Å². The molecule has 5 aromatic rings. The lowest BCUT2D eigenvalue weighted by Crippen LogP contribution is -2.29. The minimum Gasteiger partial charge on any atom is -0.489 e. The van der Waals surface area contributed by atoms with Crippen molar-refractivity contribution in [2.45, 2.75) is 18.8 Å². The first-order chi connectivity index (χ1) is 17.6. The molecule has 178 valence electrons. The number of hydrogen-bond acceptors (Lipinski definition) is 8. The molecule has 0 saturated carbocycles. The molecule has 0 amide bonds. The van der Waals surface area contributed by atoms with E-state index in [1.807, 2.05) is 66.0 Å². The smallest absolute Gasteiger partial charge is 0.342 e. The summed E-state index contributed by atoms with van der Waals surface area (Å²) in [6, 6.07) is 26.3. The predicted octanol–water partition coefficient (Wildman–Crippen LogP) is 5.73. The third kappa shape index (κ3) is 4.19. The van der Waals surface area contributed by atoms with Crippen LogP contribution in [0, 0.1) is 0 Å². The molecule has 1 N–H and O–H groups in total. The number of benzene rings is 3. The summed E-state index contributed by atoms with van der Waals surface area (Å²) in [7, 11) is 0. The summed E-state index contributed by atoms with van der Waals surface area (Å²) >= 11 is 2.68. The van der Waals surface area contributed by atoms with E-state index in [-0.39, 0.29) is 0 Å². The van der Waals surface area contributed by atoms with Gasteiger partial charge in [0.05, 0.1) is 17.3 Å². The van der Waals surface area contributed by atoms with Crippen molar-refractivity contribution in [2.75, 3.05) is 0 Å². The van der Waals surface area contributed by atoms with E-state index >= 15 is 0 Å². The quantitative estimate of drug-likeness (QED) is 0.281. The van der Waals surface area contributed by atoms with Crippen molar-refractivity contribution in [3.05, 3.63) is 117 Å². The third-order valence-corrected chi connectivity index (χ3v) is 7.56. The lowest BCUT2D eigenvalue weighted by atomic mass is 9.89. The third-order valence-electron chi connectivity index (χ3n) is 6.12. The van der Waals surface area contributed by atoms with E-state index in [0.29, 0.717) is 46.6 Å². The molecule has 0 radical (unpaired) electrons. The Morgan fingerprint density at radius 3 is 2.50 bits per heavy atom. The van der Waals surface area contributed by atoms with Crippen LogP contribution < -0.4 is 4.74 Å². The largest absolute Gasteiger partial charge is 0.489 e. The van der Waals surface area contributed by atoms with Gasteiger partial charge in [0.2, 0.25) is 0 Å². The van der Waals surface area contributed by atoms with Crippen molar-refractivity contribution in [1.82, 2.24) is 8.75 Å². The topological polar surface area (TPSA) is 81.5 Å². The van der Waals surface area contributed by atoms with E-state index in [2.05, 4.69) is 8.75 Å². The van der Waals surface area contributed by atoms with Crippen LogP contribution in [0.15, 0.2) is 95.9 Å². The lowest BCUT2D eigenvalue weighted by Gasteiger charge is -2.25. The molecule has 6 nitrogen and oxygen atoms in total. The molecule has 0 saturated heterocycles. The summed E-state index contributed by atoms with van der Waals surface area (Å²) in [5.74, 6) is -1.82. The van der Waals surface area contributed by atoms with Crippen LogP contribution in [0.25, 0.3) is 16.6 Å². The summed E-state index contributed by atoms with van der Waals surface area (Å²) in [5.41, 5.74) is 4.47. The van der Waals surface area contributed by atoms with Gasteiger partial charge in [-0.25, -0.2) is 4.79 Å². The van der Waals surface area contributed by atoms with Gasteiger partial charge in [0.15, 0.2) is 0 Å². The molecule has 0 fully saturated rings. The fourth-order valence-corrected chi connectivity index (χ4v) is 5.55. The normalized spacial score (nSPS) is 17.5. The van der Waals surface area contributed by atoms with E-state index in [9.17, 15) is 9.90 Å². The Morgan fingerprint density at radius 2 is 1.72 bits per heavy atom. The van der Waals surface area contributed by atoms with E-state index in [4.69, 9.17) is 9.47 Å². The summed E-state index contributed by atoms with van der Waals surface area (Å²) in [6.07, 6.45) is 0.370. The van der Waals surface area contributed by atoms with Gasteiger partial charge in [-0.15, -0.1) is 11.3 Å². The molecule has 0 aliphatic carbocycles. The van der Waals surface area contributed by atoms with Crippen molar-refractivity contribution in [1.29, 1.82) is 0 Å². The standard InChI is InChI=1S/C28H20N2O4S2/c31-27-26(19-8-13-24-25(15-19)30-36-29-24)23(16-22-7-4-14-35-22)28(32,34-27)20-9-11-21(12-10-20)33-17-18-5-2-1-3-6-18/h1-15,32H,16-17H2. The number of thiophene rings is 1. The van der Waals surface area contributed by atoms with Crippen LogP contribution in [-0.2, 0) is 28.3 Å². The summed E-state index contributed by atoms with van der Waals surface area (Å²) < 4.78 is 20.1. The van der Waals surface area contributed by atoms with E-state index < -0.39 is 11.8 Å². The minimum atomic E-state index is -1.90. The van der Waals surface area contributed by atoms with Gasteiger partial charge in [0.1, 0.15) is 23.4 Å². The highest BCUT2D eigenvalue weighted by atomic mass is 32.1. The van der Waals surface area contributed by atoms with Gasteiger partial charge >= 0.3 is 5.97 Å². The van der Waals surface area contributed by atoms with Gasteiger partial charge in [0, 0.05) is 22.4 Å². The number of fused-ring (bicyclic) bond motifs is 1. The Labute approximate surface area is 215 Å². The molecule has 6 rings (SSSR count). The second-order valence-corrected chi connectivity index (χ2v) is 9.97. The van der Waals surface area contributed by atoms with Crippen LogP contribution in [0.3, 0.4) is 0 Å². The number of ether oxygens (including phenoxy) is 2. The molecule has 1 aliphatic rings. The van der Waals surface area contributed by atoms with Crippen LogP contribution in [0.2, 0.25) is 0 Å². The molecule has 1 aliphatic heterocycles. The summed E-state index contributed by atoms with van der Waals surface area (Å²) in [6.45, 7) is 0.432. The second-order valence-electron chi connectivity index (χ2n) is 8.41. The van der Waals surface area contributed by atoms with Crippen molar-refractivity contribution < 1.29 is 19.4 Å². The monoisotopic (exact) mass is 512 g/mol. The molecular formula is C28H20N2O4S2. The van der Waals surface area contributed by atoms with Crippen LogP contribution in [0.1, 0.15) is 21.6 Å². The number of carbonyl (C=O) groups excluding carboxylic acids is 1. The highest BCUT2D eigenvalue weighted by molar-refractivity contribution is 7.09. The summed E-state index contributed by atoms with van der Waals surface area (Å²) in [4.78, 5) is 14.2. The van der Waals surface area contributed by atoms with Gasteiger partial charge in [0.25, 0.3) is 5.79 Å². The van der Waals surface area contributed by atoms with Gasteiger partial charge in [-0.1, -0.05) is 42.5 Å². The van der Waals surface area contributed by atoms with Crippen molar-refractivity contribution in [2.24, 2.45) is 0 Å². The maximum absolute atomic E-state index is 13.2. The molecule has 1 atom stereocenters. The molecule has 36 heavy (non-hydrogen) atoms. The van der Waals surface area contributed by atoms with Gasteiger partial charge in [-0.05, 0) is 59.0 Å². The second kappa shape index (κ2) is 9.31. The first kappa shape index (κ1) is 22.6. The zero-order chi connectivity index (χ0) is 24.5. The van der Waals surface area contributed by atoms with Crippen molar-refractivity contribution in [3.63, 3.8) is 0 Å². The Bertz CT molecular complexity index is 1560. The average molecular weight is 513 g/mol. The first-order valence-corrected chi connectivity index (χ1v) is 12.9. The van der Waals surface area contributed by atoms with Gasteiger partial charge < -0.3 is 14.6 Å². The highest BCUT2D eigenvalue weighted by Crippen LogP contribution is 2.45. The SMILES string of the molecule is O=C1OC(O)(c2ccc(OCc3ccccc3)cc2)C(Cc2cccs2)=C1c1ccc2nsnc2c1. The van der Waals surface area contributed by atoms with Crippen LogP contribution in [0.4, 0.5) is 0 Å². The number of aromatic nitrogens is 2. The summed E-state index contributed by atoms with van der Waals surface area (Å²) in [5, 5.41) is 13.8. The number of cyclic esters (lactones) is 1. The number of carbonyl (C=O) groups is 1. The Hall–Kier alpha value is -3.85. The first-order valence-electron chi connectivity index (χ1n) is 11.3.